The van der Waals surface area contributed by atoms with Crippen LogP contribution in [0.1, 0.15) is 11.1 Å². The van der Waals surface area contributed by atoms with Crippen molar-refractivity contribution in [1.82, 2.24) is 14.8 Å². The molecule has 0 spiro atoms. The number of benzene rings is 1. The number of sulfone groups is 1. The molecule has 1 aromatic heterocycles. The molecule has 0 aliphatic heterocycles. The van der Waals surface area contributed by atoms with E-state index in [1.54, 1.807) is 7.05 Å². The highest BCUT2D eigenvalue weighted by atomic mass is 32.2. The molecular weight excluding hydrogens is 238 g/mol. The highest BCUT2D eigenvalue weighted by Crippen LogP contribution is 2.13. The van der Waals surface area contributed by atoms with Crippen molar-refractivity contribution in [2.24, 2.45) is 7.05 Å². The minimum atomic E-state index is -3.42. The fraction of sp³-hybridized carbons (Fsp3) is 0.273. The van der Waals surface area contributed by atoms with E-state index in [2.05, 4.69) is 10.2 Å². The van der Waals surface area contributed by atoms with Crippen LogP contribution in [0.4, 0.5) is 0 Å². The molecule has 0 radical (unpaired) electrons. The highest BCUT2D eigenvalue weighted by molar-refractivity contribution is 7.90. The van der Waals surface area contributed by atoms with Crippen molar-refractivity contribution < 1.29 is 8.42 Å². The molecular formula is C11H13N3O2S. The van der Waals surface area contributed by atoms with Crippen molar-refractivity contribution in [3.63, 3.8) is 0 Å². The SMILES string of the molecule is Cc1ccc(CS(=O)(=O)c2nncn2C)cc1. The minimum absolute atomic E-state index is 0.00178. The van der Waals surface area contributed by atoms with E-state index in [4.69, 9.17) is 0 Å². The average molecular weight is 251 g/mol. The number of hydrogen-bond acceptors (Lipinski definition) is 4. The molecule has 0 bridgehead atoms. The summed E-state index contributed by atoms with van der Waals surface area (Å²) in [6.07, 6.45) is 1.38. The van der Waals surface area contributed by atoms with Gasteiger partial charge in [-0.2, -0.15) is 0 Å². The van der Waals surface area contributed by atoms with Gasteiger partial charge in [0.15, 0.2) is 0 Å². The molecule has 17 heavy (non-hydrogen) atoms. The van der Waals surface area contributed by atoms with Crippen LogP contribution in [0.3, 0.4) is 0 Å². The average Bonchev–Trinajstić information content (AvgIpc) is 2.68. The van der Waals surface area contributed by atoms with Crippen LogP contribution in [-0.2, 0) is 22.6 Å². The molecule has 5 nitrogen and oxygen atoms in total. The first-order chi connectivity index (χ1) is 7.99. The molecule has 1 aromatic carbocycles. The lowest BCUT2D eigenvalue weighted by Crippen LogP contribution is -2.10. The zero-order valence-electron chi connectivity index (χ0n) is 9.66. The molecule has 6 heteroatoms. The lowest BCUT2D eigenvalue weighted by Gasteiger charge is -2.03. The van der Waals surface area contributed by atoms with E-state index in [9.17, 15) is 8.42 Å². The molecule has 0 unspecified atom stereocenters. The molecule has 0 saturated heterocycles. The van der Waals surface area contributed by atoms with Crippen LogP contribution in [0.15, 0.2) is 35.7 Å². The monoisotopic (exact) mass is 251 g/mol. The predicted molar refractivity (Wildman–Crippen MR) is 63.1 cm³/mol. The van der Waals surface area contributed by atoms with Crippen LogP contribution in [0.2, 0.25) is 0 Å². The Hall–Kier alpha value is -1.69. The largest absolute Gasteiger partial charge is 0.308 e. The van der Waals surface area contributed by atoms with Crippen molar-refractivity contribution in [3.05, 3.63) is 41.7 Å². The summed E-state index contributed by atoms with van der Waals surface area (Å²) < 4.78 is 25.5. The smallest absolute Gasteiger partial charge is 0.249 e. The van der Waals surface area contributed by atoms with E-state index in [0.717, 1.165) is 11.1 Å². The molecule has 0 atom stereocenters. The van der Waals surface area contributed by atoms with E-state index in [1.807, 2.05) is 31.2 Å². The second-order valence-electron chi connectivity index (χ2n) is 3.97. The van der Waals surface area contributed by atoms with Gasteiger partial charge in [0.1, 0.15) is 6.33 Å². The van der Waals surface area contributed by atoms with Crippen molar-refractivity contribution in [2.45, 2.75) is 17.8 Å². The highest BCUT2D eigenvalue weighted by Gasteiger charge is 2.20. The summed E-state index contributed by atoms with van der Waals surface area (Å²) in [5.41, 5.74) is 1.85. The summed E-state index contributed by atoms with van der Waals surface area (Å²) in [5, 5.41) is 7.20. The van der Waals surface area contributed by atoms with E-state index < -0.39 is 9.84 Å². The van der Waals surface area contributed by atoms with Crippen LogP contribution < -0.4 is 0 Å². The molecule has 0 amide bonds. The lowest BCUT2D eigenvalue weighted by molar-refractivity contribution is 0.577. The van der Waals surface area contributed by atoms with Gasteiger partial charge in [-0.25, -0.2) is 8.42 Å². The third kappa shape index (κ3) is 2.52. The first-order valence-corrected chi connectivity index (χ1v) is 6.76. The topological polar surface area (TPSA) is 64.8 Å². The lowest BCUT2D eigenvalue weighted by atomic mass is 10.2. The molecule has 90 valence electrons. The second-order valence-corrected chi connectivity index (χ2v) is 5.85. The van der Waals surface area contributed by atoms with E-state index in [0.29, 0.717) is 0 Å². The fourth-order valence-corrected chi connectivity index (χ4v) is 2.94. The van der Waals surface area contributed by atoms with Gasteiger partial charge in [0.2, 0.25) is 15.0 Å². The maximum atomic E-state index is 12.0. The summed E-state index contributed by atoms with van der Waals surface area (Å²) in [4.78, 5) is 0. The molecule has 2 rings (SSSR count). The van der Waals surface area contributed by atoms with Gasteiger partial charge in [0.05, 0.1) is 5.75 Å². The third-order valence-electron chi connectivity index (χ3n) is 2.43. The van der Waals surface area contributed by atoms with Crippen molar-refractivity contribution >= 4 is 9.84 Å². The molecule has 0 aliphatic rings. The molecule has 0 aliphatic carbocycles. The van der Waals surface area contributed by atoms with Gasteiger partial charge in [-0.15, -0.1) is 10.2 Å². The van der Waals surface area contributed by atoms with Gasteiger partial charge in [-0.1, -0.05) is 29.8 Å². The summed E-state index contributed by atoms with van der Waals surface area (Å²) in [5.74, 6) is -0.0557. The quantitative estimate of drug-likeness (QED) is 0.819. The number of aromatic nitrogens is 3. The van der Waals surface area contributed by atoms with Crippen LogP contribution in [-0.4, -0.2) is 23.2 Å². The van der Waals surface area contributed by atoms with Gasteiger partial charge in [0.25, 0.3) is 0 Å². The van der Waals surface area contributed by atoms with E-state index >= 15 is 0 Å². The number of aryl methyl sites for hydroxylation is 2. The van der Waals surface area contributed by atoms with Gasteiger partial charge < -0.3 is 4.57 Å². The Kier molecular flexibility index (Phi) is 2.97. The minimum Gasteiger partial charge on any atom is -0.308 e. The van der Waals surface area contributed by atoms with Gasteiger partial charge in [-0.3, -0.25) is 0 Å². The Bertz CT molecular complexity index is 614. The van der Waals surface area contributed by atoms with Crippen LogP contribution in [0.25, 0.3) is 0 Å². The Balaban J connectivity index is 2.30. The van der Waals surface area contributed by atoms with Crippen LogP contribution in [0.5, 0.6) is 0 Å². The van der Waals surface area contributed by atoms with Crippen LogP contribution >= 0.6 is 0 Å². The maximum absolute atomic E-state index is 12.0. The molecule has 0 saturated carbocycles. The molecule has 0 fully saturated rings. The summed E-state index contributed by atoms with van der Waals surface area (Å²) >= 11 is 0. The standard InChI is InChI=1S/C11H13N3O2S/c1-9-3-5-10(6-4-9)7-17(15,16)11-13-12-8-14(11)2/h3-6,8H,7H2,1-2H3. The van der Waals surface area contributed by atoms with Gasteiger partial charge in [0, 0.05) is 7.05 Å². The molecule has 1 heterocycles. The Morgan fingerprint density at radius 3 is 2.41 bits per heavy atom. The first-order valence-electron chi connectivity index (χ1n) is 5.11. The van der Waals surface area contributed by atoms with Crippen molar-refractivity contribution in [3.8, 4) is 0 Å². The Labute approximate surface area is 100 Å². The number of rotatable bonds is 3. The number of hydrogen-bond donors (Lipinski definition) is 0. The molecule has 2 aromatic rings. The van der Waals surface area contributed by atoms with Crippen LogP contribution in [0, 0.1) is 6.92 Å². The predicted octanol–water partition coefficient (Wildman–Crippen LogP) is 1.10. The third-order valence-corrected chi connectivity index (χ3v) is 4.06. The summed E-state index contributed by atoms with van der Waals surface area (Å²) in [6, 6.07) is 7.40. The maximum Gasteiger partial charge on any atom is 0.249 e. The zero-order chi connectivity index (χ0) is 12.5. The summed E-state index contributed by atoms with van der Waals surface area (Å²) in [6.45, 7) is 1.96. The first kappa shape index (κ1) is 11.8. The Morgan fingerprint density at radius 2 is 1.88 bits per heavy atom. The second kappa shape index (κ2) is 4.29. The summed E-state index contributed by atoms with van der Waals surface area (Å²) in [7, 11) is -1.81. The zero-order valence-corrected chi connectivity index (χ0v) is 10.5. The van der Waals surface area contributed by atoms with Crippen molar-refractivity contribution in [2.75, 3.05) is 0 Å². The van der Waals surface area contributed by atoms with Gasteiger partial charge >= 0.3 is 0 Å². The van der Waals surface area contributed by atoms with E-state index in [1.165, 1.54) is 10.9 Å². The fourth-order valence-electron chi connectivity index (χ4n) is 1.52. The molecule has 0 N–H and O–H groups in total. The van der Waals surface area contributed by atoms with Gasteiger partial charge in [-0.05, 0) is 12.5 Å². The normalized spacial score (nSPS) is 11.6. The van der Waals surface area contributed by atoms with Crippen molar-refractivity contribution in [1.29, 1.82) is 0 Å². The Morgan fingerprint density at radius 1 is 1.24 bits per heavy atom. The van der Waals surface area contributed by atoms with E-state index in [-0.39, 0.29) is 10.9 Å². The number of nitrogens with zero attached hydrogens (tertiary/aromatic N) is 3.